The SMILES string of the molecule is CN(Cc1ccn[nH]1)Cc1ccc(C(=O)NCc2ccc3c(c2)OCO3)c(=O)[nH]1. The van der Waals surface area contributed by atoms with Crippen molar-refractivity contribution in [2.45, 2.75) is 19.6 Å². The molecule has 4 rings (SSSR count). The maximum atomic E-state index is 12.4. The molecule has 0 fully saturated rings. The Morgan fingerprint density at radius 1 is 1.14 bits per heavy atom. The maximum absolute atomic E-state index is 12.4. The molecular weight excluding hydrogens is 374 g/mol. The maximum Gasteiger partial charge on any atom is 0.261 e. The molecule has 1 aliphatic rings. The number of aromatic amines is 2. The smallest absolute Gasteiger partial charge is 0.261 e. The van der Waals surface area contributed by atoms with Crippen molar-refractivity contribution in [2.24, 2.45) is 0 Å². The lowest BCUT2D eigenvalue weighted by Crippen LogP contribution is -2.30. The molecule has 9 heteroatoms. The fourth-order valence-electron chi connectivity index (χ4n) is 3.12. The molecule has 9 nitrogen and oxygen atoms in total. The Balaban J connectivity index is 1.35. The van der Waals surface area contributed by atoms with Gasteiger partial charge in [0, 0.05) is 37.2 Å². The Hall–Kier alpha value is -3.59. The van der Waals surface area contributed by atoms with E-state index in [1.807, 2.05) is 30.1 Å². The Kier molecular flexibility index (Phi) is 5.30. The first-order valence-corrected chi connectivity index (χ1v) is 9.14. The van der Waals surface area contributed by atoms with Crippen molar-refractivity contribution in [1.82, 2.24) is 25.4 Å². The number of fused-ring (bicyclic) bond motifs is 1. The van der Waals surface area contributed by atoms with E-state index in [0.29, 0.717) is 24.6 Å². The van der Waals surface area contributed by atoms with Crippen LogP contribution in [0.15, 0.2) is 47.4 Å². The van der Waals surface area contributed by atoms with Crippen LogP contribution in [0.3, 0.4) is 0 Å². The van der Waals surface area contributed by atoms with E-state index in [2.05, 4.69) is 20.5 Å². The zero-order valence-electron chi connectivity index (χ0n) is 15.9. The van der Waals surface area contributed by atoms with Crippen LogP contribution < -0.4 is 20.3 Å². The van der Waals surface area contributed by atoms with Gasteiger partial charge in [-0.15, -0.1) is 0 Å². The van der Waals surface area contributed by atoms with E-state index in [1.165, 1.54) is 0 Å². The van der Waals surface area contributed by atoms with E-state index < -0.39 is 11.5 Å². The van der Waals surface area contributed by atoms with Gasteiger partial charge in [-0.25, -0.2) is 0 Å². The molecule has 0 saturated carbocycles. The fourth-order valence-corrected chi connectivity index (χ4v) is 3.12. The average molecular weight is 395 g/mol. The van der Waals surface area contributed by atoms with Gasteiger partial charge >= 0.3 is 0 Å². The second-order valence-electron chi connectivity index (χ2n) is 6.85. The molecule has 1 aliphatic heterocycles. The second kappa shape index (κ2) is 8.19. The minimum Gasteiger partial charge on any atom is -0.454 e. The summed E-state index contributed by atoms with van der Waals surface area (Å²) in [6.45, 7) is 1.68. The number of benzene rings is 1. The van der Waals surface area contributed by atoms with Gasteiger partial charge in [0.05, 0.1) is 0 Å². The molecule has 0 saturated heterocycles. The number of pyridine rings is 1. The van der Waals surface area contributed by atoms with Gasteiger partial charge in [-0.1, -0.05) is 6.07 Å². The molecule has 0 atom stereocenters. The first-order valence-electron chi connectivity index (χ1n) is 9.14. The molecule has 3 N–H and O–H groups in total. The molecule has 1 aromatic carbocycles. The van der Waals surface area contributed by atoms with Crippen molar-refractivity contribution in [2.75, 3.05) is 13.8 Å². The van der Waals surface area contributed by atoms with E-state index >= 15 is 0 Å². The molecule has 1 amide bonds. The van der Waals surface area contributed by atoms with Gasteiger partial charge in [0.2, 0.25) is 6.79 Å². The van der Waals surface area contributed by atoms with E-state index in [0.717, 1.165) is 17.0 Å². The molecule has 0 radical (unpaired) electrons. The van der Waals surface area contributed by atoms with Crippen LogP contribution in [0.2, 0.25) is 0 Å². The third-order valence-corrected chi connectivity index (χ3v) is 4.54. The van der Waals surface area contributed by atoms with Gasteiger partial charge in [0.1, 0.15) is 5.56 Å². The number of nitrogens with zero attached hydrogens (tertiary/aromatic N) is 2. The molecule has 0 aliphatic carbocycles. The highest BCUT2D eigenvalue weighted by molar-refractivity contribution is 5.93. The number of amides is 1. The highest BCUT2D eigenvalue weighted by Gasteiger charge is 2.15. The minimum absolute atomic E-state index is 0.0747. The van der Waals surface area contributed by atoms with Crippen LogP contribution >= 0.6 is 0 Å². The van der Waals surface area contributed by atoms with Gasteiger partial charge in [-0.3, -0.25) is 19.6 Å². The summed E-state index contributed by atoms with van der Waals surface area (Å²) in [5, 5.41) is 9.58. The second-order valence-corrected chi connectivity index (χ2v) is 6.85. The molecule has 29 heavy (non-hydrogen) atoms. The summed E-state index contributed by atoms with van der Waals surface area (Å²) >= 11 is 0. The van der Waals surface area contributed by atoms with Crippen molar-refractivity contribution in [3.05, 3.63) is 75.5 Å². The van der Waals surface area contributed by atoms with Gasteiger partial charge in [0.15, 0.2) is 11.5 Å². The lowest BCUT2D eigenvalue weighted by Gasteiger charge is -2.15. The molecule has 3 heterocycles. The summed E-state index contributed by atoms with van der Waals surface area (Å²) in [5.74, 6) is 0.907. The highest BCUT2D eigenvalue weighted by atomic mass is 16.7. The van der Waals surface area contributed by atoms with Gasteiger partial charge in [-0.05, 0) is 42.9 Å². The number of carbonyl (C=O) groups excluding carboxylic acids is 1. The number of hydrogen-bond acceptors (Lipinski definition) is 6. The van der Waals surface area contributed by atoms with Crippen LogP contribution in [0.1, 0.15) is 27.3 Å². The largest absolute Gasteiger partial charge is 0.454 e. The van der Waals surface area contributed by atoms with E-state index in [4.69, 9.17) is 9.47 Å². The van der Waals surface area contributed by atoms with Crippen LogP contribution in [0.4, 0.5) is 0 Å². The van der Waals surface area contributed by atoms with Gasteiger partial charge in [-0.2, -0.15) is 5.10 Å². The molecule has 150 valence electrons. The van der Waals surface area contributed by atoms with E-state index in [1.54, 1.807) is 24.4 Å². The van der Waals surface area contributed by atoms with Crippen molar-refractivity contribution in [3.63, 3.8) is 0 Å². The molecule has 0 bridgehead atoms. The summed E-state index contributed by atoms with van der Waals surface area (Å²) in [4.78, 5) is 29.6. The van der Waals surface area contributed by atoms with Crippen LogP contribution in [-0.4, -0.2) is 39.8 Å². The zero-order valence-corrected chi connectivity index (χ0v) is 15.9. The average Bonchev–Trinajstić information content (AvgIpc) is 3.37. The van der Waals surface area contributed by atoms with Crippen molar-refractivity contribution < 1.29 is 14.3 Å². The third kappa shape index (κ3) is 4.46. The monoisotopic (exact) mass is 395 g/mol. The van der Waals surface area contributed by atoms with Crippen LogP contribution in [0.25, 0.3) is 0 Å². The standard InChI is InChI=1S/C20H21N5O4/c1-25(11-15-6-7-22-24-15)10-14-3-4-16(20(27)23-14)19(26)21-9-13-2-5-17-18(8-13)29-12-28-17/h2-8H,9-12H2,1H3,(H,21,26)(H,22,24)(H,23,27). The number of nitrogens with one attached hydrogen (secondary N) is 3. The van der Waals surface area contributed by atoms with Gasteiger partial charge < -0.3 is 19.8 Å². The van der Waals surface area contributed by atoms with Crippen LogP contribution in [-0.2, 0) is 19.6 Å². The predicted octanol–water partition coefficient (Wildman–Crippen LogP) is 1.39. The fraction of sp³-hybridized carbons (Fsp3) is 0.250. The first-order chi connectivity index (χ1) is 14.1. The Bertz CT molecular complexity index is 1060. The third-order valence-electron chi connectivity index (χ3n) is 4.54. The zero-order chi connectivity index (χ0) is 20.2. The molecule has 0 spiro atoms. The van der Waals surface area contributed by atoms with Crippen molar-refractivity contribution in [1.29, 1.82) is 0 Å². The Labute approximate surface area is 166 Å². The number of ether oxygens (including phenoxy) is 2. The predicted molar refractivity (Wildman–Crippen MR) is 105 cm³/mol. The summed E-state index contributed by atoms with van der Waals surface area (Å²) in [6.07, 6.45) is 1.70. The number of aromatic nitrogens is 3. The number of rotatable bonds is 7. The Morgan fingerprint density at radius 3 is 2.76 bits per heavy atom. The number of H-pyrrole nitrogens is 2. The topological polar surface area (TPSA) is 112 Å². The van der Waals surface area contributed by atoms with Crippen LogP contribution in [0, 0.1) is 0 Å². The van der Waals surface area contributed by atoms with Crippen molar-refractivity contribution in [3.8, 4) is 11.5 Å². The summed E-state index contributed by atoms with van der Waals surface area (Å²) in [5.41, 5.74) is 2.22. The number of hydrogen-bond donors (Lipinski definition) is 3. The molecular formula is C20H21N5O4. The van der Waals surface area contributed by atoms with Crippen LogP contribution in [0.5, 0.6) is 11.5 Å². The van der Waals surface area contributed by atoms with E-state index in [-0.39, 0.29) is 18.9 Å². The first kappa shape index (κ1) is 18.8. The van der Waals surface area contributed by atoms with Crippen molar-refractivity contribution >= 4 is 5.91 Å². The number of carbonyl (C=O) groups is 1. The lowest BCUT2D eigenvalue weighted by atomic mass is 10.2. The van der Waals surface area contributed by atoms with Gasteiger partial charge in [0.25, 0.3) is 11.5 Å². The highest BCUT2D eigenvalue weighted by Crippen LogP contribution is 2.32. The quantitative estimate of drug-likeness (QED) is 0.557. The Morgan fingerprint density at radius 2 is 1.97 bits per heavy atom. The lowest BCUT2D eigenvalue weighted by molar-refractivity contribution is 0.0949. The summed E-state index contributed by atoms with van der Waals surface area (Å²) in [7, 11) is 1.94. The molecule has 0 unspecified atom stereocenters. The summed E-state index contributed by atoms with van der Waals surface area (Å²) in [6, 6.07) is 10.6. The molecule has 3 aromatic rings. The molecule has 2 aromatic heterocycles. The van der Waals surface area contributed by atoms with E-state index in [9.17, 15) is 9.59 Å². The summed E-state index contributed by atoms with van der Waals surface area (Å²) < 4.78 is 10.6. The minimum atomic E-state index is -0.429. The normalized spacial score (nSPS) is 12.3.